The maximum atomic E-state index is 4.67. The lowest BCUT2D eigenvalue weighted by molar-refractivity contribution is 0.240. The molecule has 0 saturated carbocycles. The van der Waals surface area contributed by atoms with E-state index in [2.05, 4.69) is 29.1 Å². The molecule has 0 saturated heterocycles. The summed E-state index contributed by atoms with van der Waals surface area (Å²) in [6.45, 7) is 5.98. The summed E-state index contributed by atoms with van der Waals surface area (Å²) in [6.07, 6.45) is 6.76. The molecule has 0 aliphatic rings. The standard InChI is InChI=1S/C8H14N2O/c1-4-6-9-10-11-7-5-8(2)3/h4-8H,1-3H3/b6-4-,7-5+,10-9?. The quantitative estimate of drug-likeness (QED) is 0.348. The van der Waals surface area contributed by atoms with Gasteiger partial charge in [0.1, 0.15) is 6.26 Å². The van der Waals surface area contributed by atoms with Crippen LogP contribution in [0, 0.1) is 5.92 Å². The fourth-order valence-corrected chi connectivity index (χ4v) is 0.341. The summed E-state index contributed by atoms with van der Waals surface area (Å²) in [5, 5.41) is 6.94. The molecule has 3 nitrogen and oxygen atoms in total. The second kappa shape index (κ2) is 6.99. The normalized spacial score (nSPS) is 12.7. The maximum absolute atomic E-state index is 4.67. The van der Waals surface area contributed by atoms with E-state index in [1.165, 1.54) is 6.26 Å². The molecule has 0 radical (unpaired) electrons. The van der Waals surface area contributed by atoms with Gasteiger partial charge in [0.15, 0.2) is 0 Å². The van der Waals surface area contributed by atoms with E-state index >= 15 is 0 Å². The maximum Gasteiger partial charge on any atom is 0.120 e. The first-order valence-corrected chi connectivity index (χ1v) is 3.61. The van der Waals surface area contributed by atoms with Gasteiger partial charge in [-0.25, -0.2) is 0 Å². The van der Waals surface area contributed by atoms with Crippen molar-refractivity contribution in [2.24, 2.45) is 16.3 Å². The zero-order valence-electron chi connectivity index (χ0n) is 7.19. The van der Waals surface area contributed by atoms with E-state index in [0.29, 0.717) is 5.92 Å². The van der Waals surface area contributed by atoms with E-state index < -0.39 is 0 Å². The van der Waals surface area contributed by atoms with Crippen LogP contribution in [0.15, 0.2) is 35.0 Å². The van der Waals surface area contributed by atoms with Gasteiger partial charge in [-0.15, -0.1) is 5.11 Å². The second-order valence-electron chi connectivity index (χ2n) is 2.36. The van der Waals surface area contributed by atoms with E-state index in [1.807, 2.05) is 13.0 Å². The van der Waals surface area contributed by atoms with Crippen molar-refractivity contribution in [1.82, 2.24) is 0 Å². The lowest BCUT2D eigenvalue weighted by atomic mass is 10.2. The highest BCUT2D eigenvalue weighted by Crippen LogP contribution is 1.93. The molecular formula is C8H14N2O. The molecule has 0 aromatic heterocycles. The second-order valence-corrected chi connectivity index (χ2v) is 2.36. The summed E-state index contributed by atoms with van der Waals surface area (Å²) in [5.41, 5.74) is 0. The molecule has 0 heterocycles. The van der Waals surface area contributed by atoms with E-state index in [4.69, 9.17) is 0 Å². The number of rotatable bonds is 4. The van der Waals surface area contributed by atoms with E-state index in [9.17, 15) is 0 Å². The molecule has 0 aromatic carbocycles. The topological polar surface area (TPSA) is 34.0 Å². The van der Waals surface area contributed by atoms with Crippen LogP contribution in [0.25, 0.3) is 0 Å². The Balaban J connectivity index is 3.40. The van der Waals surface area contributed by atoms with Crippen LogP contribution in [0.4, 0.5) is 0 Å². The van der Waals surface area contributed by atoms with Gasteiger partial charge in [0, 0.05) is 11.5 Å². The molecule has 62 valence electrons. The Hall–Kier alpha value is -1.12. The van der Waals surface area contributed by atoms with Crippen molar-refractivity contribution in [2.75, 3.05) is 0 Å². The van der Waals surface area contributed by atoms with Crippen LogP contribution in [-0.2, 0) is 4.84 Å². The van der Waals surface area contributed by atoms with Gasteiger partial charge >= 0.3 is 0 Å². The van der Waals surface area contributed by atoms with Crippen LogP contribution in [0.3, 0.4) is 0 Å². The first kappa shape index (κ1) is 9.88. The van der Waals surface area contributed by atoms with Crippen molar-refractivity contribution < 1.29 is 4.84 Å². The van der Waals surface area contributed by atoms with Crippen LogP contribution < -0.4 is 0 Å². The molecule has 0 bridgehead atoms. The summed E-state index contributed by atoms with van der Waals surface area (Å²) < 4.78 is 0. The highest BCUT2D eigenvalue weighted by Gasteiger charge is 1.81. The van der Waals surface area contributed by atoms with Gasteiger partial charge in [-0.3, -0.25) is 0 Å². The molecule has 0 spiro atoms. The molecule has 0 atom stereocenters. The van der Waals surface area contributed by atoms with Crippen molar-refractivity contribution >= 4 is 0 Å². The van der Waals surface area contributed by atoms with Crippen molar-refractivity contribution in [3.05, 3.63) is 24.6 Å². The minimum Gasteiger partial charge on any atom is -0.348 e. The summed E-state index contributed by atoms with van der Waals surface area (Å²) in [6, 6.07) is 0. The SMILES string of the molecule is C/C=C\N=NO/C=C/C(C)C. The molecular weight excluding hydrogens is 140 g/mol. The molecule has 0 aliphatic carbocycles. The average Bonchev–Trinajstić information content (AvgIpc) is 1.96. The Kier molecular flexibility index (Phi) is 6.28. The number of hydrogen-bond donors (Lipinski definition) is 0. The number of allylic oxidation sites excluding steroid dienone is 2. The highest BCUT2D eigenvalue weighted by atomic mass is 16.6. The Morgan fingerprint density at radius 2 is 2.09 bits per heavy atom. The van der Waals surface area contributed by atoms with Gasteiger partial charge in [0.25, 0.3) is 0 Å². The Labute approximate surface area is 67.4 Å². The van der Waals surface area contributed by atoms with Crippen molar-refractivity contribution in [3.63, 3.8) is 0 Å². The molecule has 0 rings (SSSR count). The molecule has 0 aromatic rings. The predicted octanol–water partition coefficient (Wildman–Crippen LogP) is 3.07. The zero-order chi connectivity index (χ0) is 8.53. The summed E-state index contributed by atoms with van der Waals surface area (Å²) >= 11 is 0. The molecule has 0 amide bonds. The summed E-state index contributed by atoms with van der Waals surface area (Å²) in [7, 11) is 0. The largest absolute Gasteiger partial charge is 0.348 e. The Bertz CT molecular complexity index is 159. The molecule has 3 heteroatoms. The molecule has 0 N–H and O–H groups in total. The van der Waals surface area contributed by atoms with Gasteiger partial charge < -0.3 is 4.84 Å². The lowest BCUT2D eigenvalue weighted by Gasteiger charge is -1.89. The molecule has 11 heavy (non-hydrogen) atoms. The first-order valence-electron chi connectivity index (χ1n) is 3.61. The molecule has 0 fully saturated rings. The summed E-state index contributed by atoms with van der Waals surface area (Å²) in [4.78, 5) is 4.67. The monoisotopic (exact) mass is 154 g/mol. The minimum atomic E-state index is 0.479. The predicted molar refractivity (Wildman–Crippen MR) is 44.7 cm³/mol. The Morgan fingerprint density at radius 3 is 2.64 bits per heavy atom. The van der Waals surface area contributed by atoms with Gasteiger partial charge in [-0.2, -0.15) is 0 Å². The van der Waals surface area contributed by atoms with Crippen LogP contribution in [0.2, 0.25) is 0 Å². The van der Waals surface area contributed by atoms with E-state index in [-0.39, 0.29) is 0 Å². The zero-order valence-corrected chi connectivity index (χ0v) is 7.19. The fraction of sp³-hybridized carbons (Fsp3) is 0.500. The van der Waals surface area contributed by atoms with Gasteiger partial charge in [-0.1, -0.05) is 19.9 Å². The van der Waals surface area contributed by atoms with Crippen molar-refractivity contribution in [1.29, 1.82) is 0 Å². The number of nitrogens with zero attached hydrogens (tertiary/aromatic N) is 2. The van der Waals surface area contributed by atoms with Crippen LogP contribution in [0.5, 0.6) is 0 Å². The van der Waals surface area contributed by atoms with Crippen LogP contribution in [-0.4, -0.2) is 0 Å². The fourth-order valence-electron chi connectivity index (χ4n) is 0.341. The van der Waals surface area contributed by atoms with Gasteiger partial charge in [0.05, 0.1) is 0 Å². The first-order chi connectivity index (χ1) is 5.27. The Morgan fingerprint density at radius 1 is 1.36 bits per heavy atom. The van der Waals surface area contributed by atoms with Crippen LogP contribution in [0.1, 0.15) is 20.8 Å². The minimum absolute atomic E-state index is 0.479. The number of hydrogen-bond acceptors (Lipinski definition) is 3. The van der Waals surface area contributed by atoms with Gasteiger partial charge in [-0.05, 0) is 18.9 Å². The van der Waals surface area contributed by atoms with Crippen LogP contribution >= 0.6 is 0 Å². The third kappa shape index (κ3) is 8.88. The molecule has 0 unspecified atom stereocenters. The third-order valence-electron chi connectivity index (χ3n) is 0.834. The summed E-state index contributed by atoms with van der Waals surface area (Å²) in [5.74, 6) is 0.479. The van der Waals surface area contributed by atoms with E-state index in [0.717, 1.165) is 0 Å². The van der Waals surface area contributed by atoms with Crippen molar-refractivity contribution in [2.45, 2.75) is 20.8 Å². The smallest absolute Gasteiger partial charge is 0.120 e. The van der Waals surface area contributed by atoms with Crippen molar-refractivity contribution in [3.8, 4) is 0 Å². The third-order valence-corrected chi connectivity index (χ3v) is 0.834. The van der Waals surface area contributed by atoms with Gasteiger partial charge in [0.2, 0.25) is 0 Å². The average molecular weight is 154 g/mol. The molecule has 0 aliphatic heterocycles. The highest BCUT2D eigenvalue weighted by molar-refractivity contribution is 4.76. The van der Waals surface area contributed by atoms with E-state index in [1.54, 1.807) is 12.3 Å². The lowest BCUT2D eigenvalue weighted by Crippen LogP contribution is -1.76.